The molecular formula is C12H18N4O. The third-order valence-corrected chi connectivity index (χ3v) is 3.85. The highest BCUT2D eigenvalue weighted by molar-refractivity contribution is 5.77. The molecule has 1 aliphatic heterocycles. The van der Waals surface area contributed by atoms with Crippen LogP contribution >= 0.6 is 0 Å². The third kappa shape index (κ3) is 1.74. The largest absolute Gasteiger partial charge is 0.336 e. The lowest BCUT2D eigenvalue weighted by Crippen LogP contribution is -2.47. The van der Waals surface area contributed by atoms with Crippen LogP contribution in [0.5, 0.6) is 0 Å². The number of hydrogen-bond donors (Lipinski definition) is 1. The predicted molar refractivity (Wildman–Crippen MR) is 63.2 cm³/mol. The summed E-state index contributed by atoms with van der Waals surface area (Å²) in [5, 5.41) is 0. The van der Waals surface area contributed by atoms with E-state index in [1.807, 2.05) is 19.6 Å². The number of nitrogens with zero attached hydrogens (tertiary/aromatic N) is 3. The van der Waals surface area contributed by atoms with E-state index in [2.05, 4.69) is 9.55 Å². The number of amides is 1. The van der Waals surface area contributed by atoms with Crippen molar-refractivity contribution < 1.29 is 4.79 Å². The van der Waals surface area contributed by atoms with Crippen LogP contribution in [-0.2, 0) is 4.79 Å². The lowest BCUT2D eigenvalue weighted by molar-refractivity contribution is -0.135. The van der Waals surface area contributed by atoms with Crippen LogP contribution in [0.1, 0.15) is 43.5 Å². The van der Waals surface area contributed by atoms with Crippen molar-refractivity contribution >= 4 is 5.91 Å². The van der Waals surface area contributed by atoms with Crippen LogP contribution in [0.3, 0.4) is 0 Å². The molecule has 5 nitrogen and oxygen atoms in total. The van der Waals surface area contributed by atoms with Gasteiger partial charge in [0.15, 0.2) is 0 Å². The Morgan fingerprint density at radius 2 is 2.18 bits per heavy atom. The van der Waals surface area contributed by atoms with Gasteiger partial charge >= 0.3 is 0 Å². The molecule has 0 radical (unpaired) electrons. The first kappa shape index (κ1) is 10.8. The molecule has 17 heavy (non-hydrogen) atoms. The number of likely N-dealkylation sites (N-methyl/N-ethyl adjacent to an activating group) is 1. The van der Waals surface area contributed by atoms with Crippen LogP contribution in [-0.4, -0.2) is 33.4 Å². The topological polar surface area (TPSA) is 64.2 Å². The van der Waals surface area contributed by atoms with Gasteiger partial charge in [0.05, 0.1) is 24.3 Å². The number of rotatable bonds is 2. The highest BCUT2D eigenvalue weighted by Gasteiger charge is 2.36. The van der Waals surface area contributed by atoms with Crippen LogP contribution in [0, 0.1) is 0 Å². The number of likely N-dealkylation sites (tertiary alicyclic amines) is 1. The number of piperidine rings is 1. The molecule has 1 saturated carbocycles. The average Bonchev–Trinajstić information content (AvgIpc) is 3.05. The van der Waals surface area contributed by atoms with Gasteiger partial charge in [-0.1, -0.05) is 0 Å². The Morgan fingerprint density at radius 1 is 1.41 bits per heavy atom. The molecule has 3 rings (SSSR count). The van der Waals surface area contributed by atoms with Crippen LogP contribution in [0.25, 0.3) is 0 Å². The first-order chi connectivity index (χ1) is 8.18. The maximum absolute atomic E-state index is 11.8. The van der Waals surface area contributed by atoms with Crippen molar-refractivity contribution in [2.75, 3.05) is 7.05 Å². The van der Waals surface area contributed by atoms with Crippen molar-refractivity contribution in [1.29, 1.82) is 0 Å². The zero-order valence-electron chi connectivity index (χ0n) is 10.0. The minimum absolute atomic E-state index is 0.0145. The van der Waals surface area contributed by atoms with E-state index in [0.29, 0.717) is 12.5 Å². The number of hydrogen-bond acceptors (Lipinski definition) is 3. The van der Waals surface area contributed by atoms with Crippen molar-refractivity contribution in [3.8, 4) is 0 Å². The van der Waals surface area contributed by atoms with Gasteiger partial charge in [-0.15, -0.1) is 0 Å². The summed E-state index contributed by atoms with van der Waals surface area (Å²) in [4.78, 5) is 17.8. The van der Waals surface area contributed by atoms with Crippen molar-refractivity contribution in [3.05, 3.63) is 18.2 Å². The standard InChI is InChI=1S/C12H18N4O/c1-15-11(17)5-4-9(13)12(15)10-6-14-7-16(10)8-2-3-8/h6-9,12H,2-5,13H2,1H3. The quantitative estimate of drug-likeness (QED) is 0.824. The van der Waals surface area contributed by atoms with E-state index in [1.165, 1.54) is 12.8 Å². The number of nitrogens with two attached hydrogens (primary N) is 1. The molecule has 1 aromatic rings. The summed E-state index contributed by atoms with van der Waals surface area (Å²) in [6.07, 6.45) is 7.48. The van der Waals surface area contributed by atoms with E-state index in [4.69, 9.17) is 5.73 Å². The second-order valence-corrected chi connectivity index (χ2v) is 5.11. The second-order valence-electron chi connectivity index (χ2n) is 5.11. The van der Waals surface area contributed by atoms with Gasteiger partial charge in [0, 0.05) is 25.6 Å². The monoisotopic (exact) mass is 234 g/mol. The van der Waals surface area contributed by atoms with E-state index >= 15 is 0 Å². The fourth-order valence-corrected chi connectivity index (χ4v) is 2.69. The zero-order valence-corrected chi connectivity index (χ0v) is 10.0. The molecule has 2 aliphatic rings. The Morgan fingerprint density at radius 3 is 2.88 bits per heavy atom. The molecule has 2 atom stereocenters. The first-order valence-corrected chi connectivity index (χ1v) is 6.21. The highest BCUT2D eigenvalue weighted by atomic mass is 16.2. The van der Waals surface area contributed by atoms with Gasteiger partial charge in [0.25, 0.3) is 0 Å². The number of carbonyl (C=O) groups excluding carboxylic acids is 1. The molecule has 2 fully saturated rings. The van der Waals surface area contributed by atoms with Crippen molar-refractivity contribution in [1.82, 2.24) is 14.5 Å². The molecule has 2 N–H and O–H groups in total. The van der Waals surface area contributed by atoms with Gasteiger partial charge in [-0.2, -0.15) is 0 Å². The average molecular weight is 234 g/mol. The number of imidazole rings is 1. The van der Waals surface area contributed by atoms with E-state index in [9.17, 15) is 4.79 Å². The molecule has 0 bridgehead atoms. The van der Waals surface area contributed by atoms with Gasteiger partial charge < -0.3 is 15.2 Å². The molecule has 1 saturated heterocycles. The summed E-state index contributed by atoms with van der Waals surface area (Å²) in [5.74, 6) is 0.181. The highest BCUT2D eigenvalue weighted by Crippen LogP contribution is 2.39. The van der Waals surface area contributed by atoms with Crippen LogP contribution in [0.2, 0.25) is 0 Å². The van der Waals surface area contributed by atoms with E-state index in [-0.39, 0.29) is 18.0 Å². The molecule has 2 unspecified atom stereocenters. The van der Waals surface area contributed by atoms with Crippen LogP contribution in [0.15, 0.2) is 12.5 Å². The van der Waals surface area contributed by atoms with Crippen LogP contribution < -0.4 is 5.73 Å². The van der Waals surface area contributed by atoms with Gasteiger partial charge in [0.1, 0.15) is 0 Å². The SMILES string of the molecule is CN1C(=O)CCC(N)C1c1cncn1C1CC1. The van der Waals surface area contributed by atoms with Gasteiger partial charge in [-0.3, -0.25) is 4.79 Å². The summed E-state index contributed by atoms with van der Waals surface area (Å²) >= 11 is 0. The second kappa shape index (κ2) is 3.84. The molecule has 2 heterocycles. The predicted octanol–water partition coefficient (Wildman–Crippen LogP) is 0.839. The van der Waals surface area contributed by atoms with E-state index in [1.54, 1.807) is 4.90 Å². The Labute approximate surface area is 101 Å². The zero-order chi connectivity index (χ0) is 12.0. The van der Waals surface area contributed by atoms with Gasteiger partial charge in [-0.05, 0) is 19.3 Å². The molecule has 1 amide bonds. The Hall–Kier alpha value is -1.36. The minimum atomic E-state index is -0.0145. The third-order valence-electron chi connectivity index (χ3n) is 3.85. The molecule has 5 heteroatoms. The van der Waals surface area contributed by atoms with Crippen molar-refractivity contribution in [3.63, 3.8) is 0 Å². The fourth-order valence-electron chi connectivity index (χ4n) is 2.69. The molecule has 0 aromatic carbocycles. The Balaban J connectivity index is 1.94. The van der Waals surface area contributed by atoms with Gasteiger partial charge in [0.2, 0.25) is 5.91 Å². The molecular weight excluding hydrogens is 216 g/mol. The summed E-state index contributed by atoms with van der Waals surface area (Å²) in [7, 11) is 1.84. The molecule has 1 aliphatic carbocycles. The summed E-state index contributed by atoms with van der Waals surface area (Å²) in [5.41, 5.74) is 7.27. The molecule has 1 aromatic heterocycles. The molecule has 92 valence electrons. The first-order valence-electron chi connectivity index (χ1n) is 6.21. The Kier molecular flexibility index (Phi) is 2.43. The lowest BCUT2D eigenvalue weighted by atomic mass is 9.94. The summed E-state index contributed by atoms with van der Waals surface area (Å²) in [6, 6.07) is 0.580. The number of aromatic nitrogens is 2. The van der Waals surface area contributed by atoms with E-state index < -0.39 is 0 Å². The summed E-state index contributed by atoms with van der Waals surface area (Å²) in [6.45, 7) is 0. The lowest BCUT2D eigenvalue weighted by Gasteiger charge is -2.37. The minimum Gasteiger partial charge on any atom is -0.336 e. The molecule has 0 spiro atoms. The number of carbonyl (C=O) groups is 1. The van der Waals surface area contributed by atoms with Gasteiger partial charge in [-0.25, -0.2) is 4.98 Å². The Bertz CT molecular complexity index is 437. The van der Waals surface area contributed by atoms with Crippen molar-refractivity contribution in [2.24, 2.45) is 5.73 Å². The fraction of sp³-hybridized carbons (Fsp3) is 0.667. The normalized spacial score (nSPS) is 29.8. The maximum atomic E-state index is 11.8. The maximum Gasteiger partial charge on any atom is 0.222 e. The van der Waals surface area contributed by atoms with Crippen molar-refractivity contribution in [2.45, 2.75) is 43.8 Å². The smallest absolute Gasteiger partial charge is 0.222 e. The summed E-state index contributed by atoms with van der Waals surface area (Å²) < 4.78 is 2.19. The van der Waals surface area contributed by atoms with Crippen LogP contribution in [0.4, 0.5) is 0 Å². The van der Waals surface area contributed by atoms with E-state index in [0.717, 1.165) is 12.1 Å².